The Morgan fingerprint density at radius 3 is 2.92 bits per heavy atom. The molecular formula is C18H16N4OS2. The van der Waals surface area contributed by atoms with Crippen molar-refractivity contribution in [2.75, 3.05) is 11.1 Å². The smallest absolute Gasteiger partial charge is 0.234 e. The van der Waals surface area contributed by atoms with Crippen molar-refractivity contribution in [3.05, 3.63) is 53.6 Å². The van der Waals surface area contributed by atoms with Crippen molar-refractivity contribution in [2.45, 2.75) is 19.0 Å². The third kappa shape index (κ3) is 3.12. The van der Waals surface area contributed by atoms with Gasteiger partial charge in [0.15, 0.2) is 5.16 Å². The predicted octanol–water partition coefficient (Wildman–Crippen LogP) is 4.29. The van der Waals surface area contributed by atoms with E-state index in [4.69, 9.17) is 0 Å². The molecule has 7 heteroatoms. The second kappa shape index (κ2) is 6.50. The summed E-state index contributed by atoms with van der Waals surface area (Å²) in [6.45, 7) is 4.00. The van der Waals surface area contributed by atoms with Gasteiger partial charge in [0.1, 0.15) is 0 Å². The van der Waals surface area contributed by atoms with E-state index in [0.717, 1.165) is 37.1 Å². The van der Waals surface area contributed by atoms with Crippen LogP contribution in [0.5, 0.6) is 0 Å². The summed E-state index contributed by atoms with van der Waals surface area (Å²) in [6.07, 6.45) is 0. The van der Waals surface area contributed by atoms with Gasteiger partial charge >= 0.3 is 0 Å². The van der Waals surface area contributed by atoms with Crippen LogP contribution in [0.1, 0.15) is 11.1 Å². The van der Waals surface area contributed by atoms with Crippen molar-refractivity contribution in [3.8, 4) is 0 Å². The predicted molar refractivity (Wildman–Crippen MR) is 104 cm³/mol. The molecule has 0 saturated carbocycles. The quantitative estimate of drug-likeness (QED) is 0.546. The van der Waals surface area contributed by atoms with Gasteiger partial charge in [0.05, 0.1) is 16.0 Å². The number of thioether (sulfide) groups is 1. The van der Waals surface area contributed by atoms with Crippen LogP contribution in [0.15, 0.2) is 47.6 Å². The highest BCUT2D eigenvalue weighted by molar-refractivity contribution is 7.99. The van der Waals surface area contributed by atoms with Crippen molar-refractivity contribution in [1.29, 1.82) is 0 Å². The number of hydrogen-bond acceptors (Lipinski definition) is 5. The van der Waals surface area contributed by atoms with Crippen LogP contribution >= 0.6 is 23.1 Å². The molecule has 4 aromatic rings. The monoisotopic (exact) mass is 368 g/mol. The highest BCUT2D eigenvalue weighted by atomic mass is 32.2. The third-order valence-corrected chi connectivity index (χ3v) is 5.85. The molecule has 0 spiro atoms. The van der Waals surface area contributed by atoms with Crippen molar-refractivity contribution < 1.29 is 4.79 Å². The minimum Gasteiger partial charge on any atom is -0.325 e. The summed E-state index contributed by atoms with van der Waals surface area (Å²) in [6, 6.07) is 14.1. The Bertz CT molecular complexity index is 1080. The molecule has 0 aliphatic heterocycles. The maximum atomic E-state index is 12.3. The van der Waals surface area contributed by atoms with E-state index >= 15 is 0 Å². The molecule has 1 amide bonds. The Balaban J connectivity index is 1.52. The van der Waals surface area contributed by atoms with Crippen molar-refractivity contribution in [1.82, 2.24) is 14.6 Å². The number of benzene rings is 2. The lowest BCUT2D eigenvalue weighted by atomic mass is 10.1. The fraction of sp³-hybridized carbons (Fsp3) is 0.167. The number of carbonyl (C=O) groups is 1. The second-order valence-corrected chi connectivity index (χ2v) is 7.78. The number of nitrogens with zero attached hydrogens (tertiary/aromatic N) is 3. The Morgan fingerprint density at radius 2 is 2.04 bits per heavy atom. The van der Waals surface area contributed by atoms with Crippen LogP contribution in [0.2, 0.25) is 0 Å². The van der Waals surface area contributed by atoms with Gasteiger partial charge in [-0.1, -0.05) is 47.4 Å². The van der Waals surface area contributed by atoms with E-state index < -0.39 is 0 Å². The maximum Gasteiger partial charge on any atom is 0.234 e. The van der Waals surface area contributed by atoms with Crippen LogP contribution in [0.4, 0.5) is 5.69 Å². The molecule has 4 rings (SSSR count). The zero-order valence-electron chi connectivity index (χ0n) is 13.8. The van der Waals surface area contributed by atoms with Crippen LogP contribution < -0.4 is 5.32 Å². The Hall–Kier alpha value is -2.38. The molecule has 126 valence electrons. The molecule has 0 unspecified atom stereocenters. The number of aromatic nitrogens is 3. The lowest BCUT2D eigenvalue weighted by molar-refractivity contribution is -0.113. The summed E-state index contributed by atoms with van der Waals surface area (Å²) in [4.78, 5) is 13.2. The zero-order chi connectivity index (χ0) is 17.4. The van der Waals surface area contributed by atoms with Crippen molar-refractivity contribution in [3.63, 3.8) is 0 Å². The van der Waals surface area contributed by atoms with E-state index in [2.05, 4.69) is 21.6 Å². The molecule has 2 aromatic heterocycles. The van der Waals surface area contributed by atoms with Crippen LogP contribution in [0, 0.1) is 13.8 Å². The molecule has 0 bridgehead atoms. The van der Waals surface area contributed by atoms with Gasteiger partial charge in [-0.05, 0) is 43.2 Å². The molecule has 0 saturated heterocycles. The summed E-state index contributed by atoms with van der Waals surface area (Å²) < 4.78 is 3.17. The zero-order valence-corrected chi connectivity index (χ0v) is 15.4. The number of para-hydroxylation sites is 1. The molecule has 2 heterocycles. The molecule has 0 aliphatic rings. The number of aryl methyl sites for hydroxylation is 2. The third-order valence-electron chi connectivity index (χ3n) is 3.91. The molecule has 0 radical (unpaired) electrons. The second-order valence-electron chi connectivity index (χ2n) is 5.83. The summed E-state index contributed by atoms with van der Waals surface area (Å²) in [5.41, 5.74) is 4.11. The largest absolute Gasteiger partial charge is 0.325 e. The number of rotatable bonds is 4. The average molecular weight is 368 g/mol. The standard InChI is InChI=1S/C18H16N4OS2/c1-11-7-8-12(2)13(9-11)19-16(23)10-24-17-20-21-18-22(17)14-5-3-4-6-15(14)25-18/h3-9H,10H2,1-2H3,(H,19,23). The summed E-state index contributed by atoms with van der Waals surface area (Å²) in [5, 5.41) is 12.2. The average Bonchev–Trinajstić information content (AvgIpc) is 3.15. The molecule has 0 aliphatic carbocycles. The van der Waals surface area contributed by atoms with E-state index in [-0.39, 0.29) is 5.91 Å². The number of nitrogens with one attached hydrogen (secondary N) is 1. The topological polar surface area (TPSA) is 59.3 Å². The number of carbonyl (C=O) groups excluding carboxylic acids is 1. The lowest BCUT2D eigenvalue weighted by Gasteiger charge is -2.08. The number of anilines is 1. The van der Waals surface area contributed by atoms with E-state index in [9.17, 15) is 4.79 Å². The summed E-state index contributed by atoms with van der Waals surface area (Å²) in [5.74, 6) is 0.244. The molecule has 1 N–H and O–H groups in total. The van der Waals surface area contributed by atoms with Crippen molar-refractivity contribution >= 4 is 49.9 Å². The Kier molecular flexibility index (Phi) is 4.19. The van der Waals surface area contributed by atoms with Gasteiger partial charge < -0.3 is 5.32 Å². The van der Waals surface area contributed by atoms with Crippen LogP contribution in [-0.4, -0.2) is 26.3 Å². The van der Waals surface area contributed by atoms with Gasteiger partial charge in [0, 0.05) is 5.69 Å². The summed E-state index contributed by atoms with van der Waals surface area (Å²) >= 11 is 3.00. The first-order valence-corrected chi connectivity index (χ1v) is 9.64. The van der Waals surface area contributed by atoms with Crippen molar-refractivity contribution in [2.24, 2.45) is 0 Å². The minimum absolute atomic E-state index is 0.0463. The first-order chi connectivity index (χ1) is 12.1. The minimum atomic E-state index is -0.0463. The van der Waals surface area contributed by atoms with E-state index in [1.165, 1.54) is 11.8 Å². The van der Waals surface area contributed by atoms with Gasteiger partial charge in [-0.3, -0.25) is 9.20 Å². The van der Waals surface area contributed by atoms with Crippen LogP contribution in [0.3, 0.4) is 0 Å². The number of amides is 1. The Labute approximate surface area is 153 Å². The number of thiazole rings is 1. The lowest BCUT2D eigenvalue weighted by Crippen LogP contribution is -2.15. The highest BCUT2D eigenvalue weighted by Crippen LogP contribution is 2.29. The summed E-state index contributed by atoms with van der Waals surface area (Å²) in [7, 11) is 0. The van der Waals surface area contributed by atoms with Gasteiger partial charge in [0.25, 0.3) is 0 Å². The van der Waals surface area contributed by atoms with E-state index in [1.807, 2.05) is 54.6 Å². The highest BCUT2D eigenvalue weighted by Gasteiger charge is 2.14. The molecule has 2 aromatic carbocycles. The first-order valence-electron chi connectivity index (χ1n) is 7.84. The maximum absolute atomic E-state index is 12.3. The molecule has 0 fully saturated rings. The van der Waals surface area contributed by atoms with Gasteiger partial charge in [0.2, 0.25) is 10.9 Å². The molecule has 25 heavy (non-hydrogen) atoms. The molecular weight excluding hydrogens is 352 g/mol. The fourth-order valence-corrected chi connectivity index (χ4v) is 4.40. The molecule has 0 atom stereocenters. The Morgan fingerprint density at radius 1 is 1.20 bits per heavy atom. The number of hydrogen-bond donors (Lipinski definition) is 1. The fourth-order valence-electron chi connectivity index (χ4n) is 2.64. The van der Waals surface area contributed by atoms with Gasteiger partial charge in [-0.15, -0.1) is 10.2 Å². The first kappa shape index (κ1) is 16.1. The SMILES string of the molecule is Cc1ccc(C)c(NC(=O)CSc2nnc3sc4ccccc4n23)c1. The van der Waals surface area contributed by atoms with Gasteiger partial charge in [-0.25, -0.2) is 0 Å². The van der Waals surface area contributed by atoms with E-state index in [1.54, 1.807) is 11.3 Å². The van der Waals surface area contributed by atoms with Crippen LogP contribution in [0.25, 0.3) is 15.2 Å². The van der Waals surface area contributed by atoms with Gasteiger partial charge in [-0.2, -0.15) is 0 Å². The normalized spacial score (nSPS) is 11.3. The molecule has 5 nitrogen and oxygen atoms in total. The van der Waals surface area contributed by atoms with E-state index in [0.29, 0.717) is 5.75 Å². The number of fused-ring (bicyclic) bond motifs is 3. The van der Waals surface area contributed by atoms with Crippen LogP contribution in [-0.2, 0) is 4.79 Å².